The predicted molar refractivity (Wildman–Crippen MR) is 83.9 cm³/mol. The molecule has 4 unspecified atom stereocenters. The third-order valence-electron chi connectivity index (χ3n) is 3.20. The van der Waals surface area contributed by atoms with Gasteiger partial charge in [0.05, 0.1) is 30.6 Å². The molecular formula is C15H34N2O4. The molecule has 0 amide bonds. The van der Waals surface area contributed by atoms with E-state index in [9.17, 15) is 20.4 Å². The first-order chi connectivity index (χ1) is 9.67. The molecule has 0 radical (unpaired) electrons. The van der Waals surface area contributed by atoms with E-state index in [2.05, 4.69) is 0 Å². The zero-order valence-electron chi connectivity index (χ0n) is 14.1. The fraction of sp³-hybridized carbons (Fsp3) is 1.00. The minimum atomic E-state index is -0.502. The molecule has 0 bridgehead atoms. The van der Waals surface area contributed by atoms with E-state index < -0.39 is 24.4 Å². The summed E-state index contributed by atoms with van der Waals surface area (Å²) < 4.78 is 0. The van der Waals surface area contributed by atoms with Gasteiger partial charge in [-0.3, -0.25) is 9.80 Å². The van der Waals surface area contributed by atoms with Crippen LogP contribution in [-0.4, -0.2) is 87.0 Å². The number of aliphatic hydroxyl groups is 4. The van der Waals surface area contributed by atoms with Crippen molar-refractivity contribution in [3.05, 3.63) is 0 Å². The maximum absolute atomic E-state index is 9.69. The molecule has 0 aromatic carbocycles. The van der Waals surface area contributed by atoms with Gasteiger partial charge in [-0.05, 0) is 34.1 Å². The second kappa shape index (κ2) is 10.5. The van der Waals surface area contributed by atoms with Crippen LogP contribution in [-0.2, 0) is 0 Å². The van der Waals surface area contributed by atoms with E-state index in [1.165, 1.54) is 0 Å². The smallest absolute Gasteiger partial charge is 0.0639 e. The molecule has 6 nitrogen and oxygen atoms in total. The maximum Gasteiger partial charge on any atom is 0.0639 e. The van der Waals surface area contributed by atoms with Crippen LogP contribution >= 0.6 is 0 Å². The van der Waals surface area contributed by atoms with E-state index in [0.717, 1.165) is 6.42 Å². The molecular weight excluding hydrogens is 272 g/mol. The van der Waals surface area contributed by atoms with Crippen LogP contribution in [0.4, 0.5) is 0 Å². The van der Waals surface area contributed by atoms with Crippen LogP contribution in [0.15, 0.2) is 0 Å². The van der Waals surface area contributed by atoms with Crippen molar-refractivity contribution in [1.82, 2.24) is 9.80 Å². The van der Waals surface area contributed by atoms with E-state index >= 15 is 0 Å². The molecule has 21 heavy (non-hydrogen) atoms. The van der Waals surface area contributed by atoms with E-state index in [0.29, 0.717) is 26.2 Å². The van der Waals surface area contributed by atoms with Crippen molar-refractivity contribution < 1.29 is 20.4 Å². The summed E-state index contributed by atoms with van der Waals surface area (Å²) in [5, 5.41) is 38.7. The van der Waals surface area contributed by atoms with E-state index in [1.54, 1.807) is 27.7 Å². The molecule has 0 aliphatic heterocycles. The highest BCUT2D eigenvalue weighted by molar-refractivity contribution is 4.78. The summed E-state index contributed by atoms with van der Waals surface area (Å²) in [7, 11) is 0. The number of aliphatic hydroxyl groups excluding tert-OH is 4. The highest BCUT2D eigenvalue weighted by Crippen LogP contribution is 2.14. The Bertz CT molecular complexity index is 216. The first-order valence-corrected chi connectivity index (χ1v) is 7.87. The van der Waals surface area contributed by atoms with Gasteiger partial charge in [-0.15, -0.1) is 0 Å². The Morgan fingerprint density at radius 1 is 0.619 bits per heavy atom. The molecule has 0 aromatic rings. The summed E-state index contributed by atoms with van der Waals surface area (Å²) in [6.07, 6.45) is -1.27. The lowest BCUT2D eigenvalue weighted by Crippen LogP contribution is -2.55. The fourth-order valence-corrected chi connectivity index (χ4v) is 2.74. The average Bonchev–Trinajstić information content (AvgIpc) is 2.25. The van der Waals surface area contributed by atoms with Crippen molar-refractivity contribution in [2.45, 2.75) is 71.6 Å². The molecule has 4 N–H and O–H groups in total. The second-order valence-electron chi connectivity index (χ2n) is 6.19. The molecule has 0 aromatic heterocycles. The van der Waals surface area contributed by atoms with Gasteiger partial charge in [-0.1, -0.05) is 6.92 Å². The van der Waals surface area contributed by atoms with Crippen LogP contribution < -0.4 is 0 Å². The summed E-state index contributed by atoms with van der Waals surface area (Å²) in [5.74, 6) is 0. The van der Waals surface area contributed by atoms with Gasteiger partial charge in [0.1, 0.15) is 0 Å². The van der Waals surface area contributed by atoms with Crippen molar-refractivity contribution in [1.29, 1.82) is 0 Å². The van der Waals surface area contributed by atoms with Gasteiger partial charge in [0.2, 0.25) is 0 Å². The van der Waals surface area contributed by atoms with Gasteiger partial charge in [0.25, 0.3) is 0 Å². The van der Waals surface area contributed by atoms with Crippen molar-refractivity contribution in [3.8, 4) is 0 Å². The molecule has 0 heterocycles. The molecule has 0 aliphatic carbocycles. The van der Waals surface area contributed by atoms with Crippen LogP contribution in [0.5, 0.6) is 0 Å². The Morgan fingerprint density at radius 3 is 1.00 bits per heavy atom. The molecule has 6 heteroatoms. The first kappa shape index (κ1) is 20.8. The minimum absolute atomic E-state index is 0.0431. The lowest BCUT2D eigenvalue weighted by atomic mass is 10.2. The van der Waals surface area contributed by atoms with Crippen LogP contribution in [0.1, 0.15) is 41.0 Å². The Kier molecular flexibility index (Phi) is 10.4. The highest BCUT2D eigenvalue weighted by atomic mass is 16.3. The van der Waals surface area contributed by atoms with Crippen LogP contribution in [0.3, 0.4) is 0 Å². The largest absolute Gasteiger partial charge is 0.392 e. The van der Waals surface area contributed by atoms with Gasteiger partial charge in [-0.25, -0.2) is 0 Å². The normalized spacial score (nSPS) is 19.6. The summed E-state index contributed by atoms with van der Waals surface area (Å²) in [6, 6.07) is 0. The maximum atomic E-state index is 9.69. The second-order valence-corrected chi connectivity index (χ2v) is 6.19. The number of hydrogen-bond acceptors (Lipinski definition) is 6. The SMILES string of the molecule is CCC(N(CC(C)O)CC(C)O)N(CC(C)O)CC(C)O. The molecule has 0 saturated heterocycles. The van der Waals surface area contributed by atoms with Gasteiger partial charge in [0.15, 0.2) is 0 Å². The topological polar surface area (TPSA) is 87.4 Å². The minimum Gasteiger partial charge on any atom is -0.392 e. The van der Waals surface area contributed by atoms with Gasteiger partial charge >= 0.3 is 0 Å². The molecule has 0 fully saturated rings. The van der Waals surface area contributed by atoms with Gasteiger partial charge in [0, 0.05) is 26.2 Å². The lowest BCUT2D eigenvalue weighted by Gasteiger charge is -2.41. The molecule has 0 spiro atoms. The third-order valence-corrected chi connectivity index (χ3v) is 3.20. The Morgan fingerprint density at radius 2 is 0.857 bits per heavy atom. The molecule has 4 atom stereocenters. The predicted octanol–water partition coefficient (Wildman–Crippen LogP) is -0.150. The van der Waals surface area contributed by atoms with E-state index in [1.807, 2.05) is 16.7 Å². The summed E-state index contributed by atoms with van der Waals surface area (Å²) in [4.78, 5) is 4.03. The molecule has 0 rings (SSSR count). The van der Waals surface area contributed by atoms with Crippen molar-refractivity contribution in [2.24, 2.45) is 0 Å². The van der Waals surface area contributed by atoms with Gasteiger partial charge < -0.3 is 20.4 Å². The fourth-order valence-electron chi connectivity index (χ4n) is 2.74. The average molecular weight is 306 g/mol. The van der Waals surface area contributed by atoms with Crippen molar-refractivity contribution in [2.75, 3.05) is 26.2 Å². The zero-order valence-corrected chi connectivity index (χ0v) is 14.1. The standard InChI is InChI=1S/C15H34N2O4/c1-6-15(16(7-11(2)18)8-12(3)19)17(9-13(4)20)10-14(5)21/h11-15,18-21H,6-10H2,1-5H3. The first-order valence-electron chi connectivity index (χ1n) is 7.87. The zero-order chi connectivity index (χ0) is 16.6. The summed E-state index contributed by atoms with van der Waals surface area (Å²) in [5.41, 5.74) is 0. The van der Waals surface area contributed by atoms with Crippen LogP contribution in [0.25, 0.3) is 0 Å². The number of rotatable bonds is 11. The molecule has 0 aliphatic rings. The molecule has 128 valence electrons. The van der Waals surface area contributed by atoms with Crippen LogP contribution in [0, 0.1) is 0 Å². The summed E-state index contributed by atoms with van der Waals surface area (Å²) in [6.45, 7) is 10.7. The number of hydrogen-bond donors (Lipinski definition) is 4. The number of nitrogens with zero attached hydrogens (tertiary/aromatic N) is 2. The van der Waals surface area contributed by atoms with Gasteiger partial charge in [-0.2, -0.15) is 0 Å². The van der Waals surface area contributed by atoms with E-state index in [-0.39, 0.29) is 6.17 Å². The quantitative estimate of drug-likeness (QED) is 0.397. The van der Waals surface area contributed by atoms with Crippen LogP contribution in [0.2, 0.25) is 0 Å². The Hall–Kier alpha value is -0.240. The van der Waals surface area contributed by atoms with Crippen molar-refractivity contribution in [3.63, 3.8) is 0 Å². The lowest BCUT2D eigenvalue weighted by molar-refractivity contribution is -0.0391. The third kappa shape index (κ3) is 9.39. The monoisotopic (exact) mass is 306 g/mol. The summed E-state index contributed by atoms with van der Waals surface area (Å²) >= 11 is 0. The highest BCUT2D eigenvalue weighted by Gasteiger charge is 2.27. The Balaban J connectivity index is 5.09. The van der Waals surface area contributed by atoms with E-state index in [4.69, 9.17) is 0 Å². The molecule has 0 saturated carbocycles. The Labute approximate surface area is 129 Å². The van der Waals surface area contributed by atoms with Crippen molar-refractivity contribution >= 4 is 0 Å².